The van der Waals surface area contributed by atoms with Crippen LogP contribution in [0.3, 0.4) is 0 Å². The van der Waals surface area contributed by atoms with Crippen LogP contribution < -0.4 is 10.6 Å². The third-order valence-corrected chi connectivity index (χ3v) is 5.40. The van der Waals surface area contributed by atoms with Crippen molar-refractivity contribution in [3.8, 4) is 0 Å². The Balaban J connectivity index is 1.56. The topological polar surface area (TPSA) is 54.9 Å². The number of hydrogen-bond donors (Lipinski definition) is 2. The van der Waals surface area contributed by atoms with Gasteiger partial charge in [-0.3, -0.25) is 4.99 Å². The minimum absolute atomic E-state index is 0.396. The lowest BCUT2D eigenvalue weighted by molar-refractivity contribution is -0.0320. The van der Waals surface area contributed by atoms with Crippen molar-refractivity contribution in [1.82, 2.24) is 10.6 Å². The average molecular weight is 325 g/mol. The van der Waals surface area contributed by atoms with Crippen molar-refractivity contribution >= 4 is 5.96 Å². The Morgan fingerprint density at radius 1 is 1.22 bits per heavy atom. The van der Waals surface area contributed by atoms with E-state index in [1.54, 1.807) is 0 Å². The summed E-state index contributed by atoms with van der Waals surface area (Å²) in [6, 6.07) is 0. The Morgan fingerprint density at radius 3 is 2.61 bits per heavy atom. The summed E-state index contributed by atoms with van der Waals surface area (Å²) in [6.45, 7) is 6.77. The fourth-order valence-electron chi connectivity index (χ4n) is 3.64. The Kier molecular flexibility index (Phi) is 8.17. The number of aliphatic imine (C=N–C) groups is 1. The summed E-state index contributed by atoms with van der Waals surface area (Å²) in [7, 11) is 1.85. The van der Waals surface area contributed by atoms with Gasteiger partial charge in [-0.25, -0.2) is 0 Å². The Hall–Kier alpha value is -0.810. The molecule has 0 aromatic carbocycles. The first-order valence-corrected chi connectivity index (χ1v) is 9.42. The first kappa shape index (κ1) is 18.5. The molecule has 1 saturated heterocycles. The van der Waals surface area contributed by atoms with Gasteiger partial charge in [0.05, 0.1) is 6.10 Å². The van der Waals surface area contributed by atoms with Crippen LogP contribution >= 0.6 is 0 Å². The zero-order valence-electron chi connectivity index (χ0n) is 15.0. The average Bonchev–Trinajstić information content (AvgIpc) is 3.08. The van der Waals surface area contributed by atoms with Crippen LogP contribution in [0.2, 0.25) is 0 Å². The zero-order chi connectivity index (χ0) is 16.4. The molecule has 0 bridgehead atoms. The Morgan fingerprint density at radius 2 is 1.96 bits per heavy atom. The molecule has 0 aromatic rings. The van der Waals surface area contributed by atoms with Crippen molar-refractivity contribution in [3.63, 3.8) is 0 Å². The molecular weight excluding hydrogens is 290 g/mol. The van der Waals surface area contributed by atoms with Crippen molar-refractivity contribution in [2.75, 3.05) is 40.0 Å². The lowest BCUT2D eigenvalue weighted by Gasteiger charge is -2.28. The molecule has 0 aromatic heterocycles. The Bertz CT molecular complexity index is 348. The lowest BCUT2D eigenvalue weighted by Crippen LogP contribution is -2.43. The molecule has 2 fully saturated rings. The summed E-state index contributed by atoms with van der Waals surface area (Å²) in [5.74, 6) is 0.927. The monoisotopic (exact) mass is 325 g/mol. The summed E-state index contributed by atoms with van der Waals surface area (Å²) >= 11 is 0. The maximum Gasteiger partial charge on any atom is 0.190 e. The number of guanidine groups is 1. The van der Waals surface area contributed by atoms with Gasteiger partial charge in [-0.15, -0.1) is 0 Å². The molecule has 1 saturated carbocycles. The summed E-state index contributed by atoms with van der Waals surface area (Å²) in [4.78, 5) is 4.34. The molecule has 5 heteroatoms. The number of hydrogen-bond acceptors (Lipinski definition) is 3. The van der Waals surface area contributed by atoms with Gasteiger partial charge in [0, 0.05) is 40.0 Å². The van der Waals surface area contributed by atoms with Gasteiger partial charge in [-0.05, 0) is 43.9 Å². The molecule has 5 nitrogen and oxygen atoms in total. The summed E-state index contributed by atoms with van der Waals surface area (Å²) in [6.07, 6.45) is 10.2. The van der Waals surface area contributed by atoms with E-state index in [0.717, 1.165) is 58.1 Å². The van der Waals surface area contributed by atoms with Crippen LogP contribution in [0.15, 0.2) is 4.99 Å². The molecule has 2 aliphatic rings. The van der Waals surface area contributed by atoms with E-state index < -0.39 is 0 Å². The van der Waals surface area contributed by atoms with Crippen LogP contribution in [-0.2, 0) is 9.47 Å². The van der Waals surface area contributed by atoms with Crippen molar-refractivity contribution in [1.29, 1.82) is 0 Å². The number of nitrogens with zero attached hydrogens (tertiary/aromatic N) is 1. The van der Waals surface area contributed by atoms with E-state index in [1.165, 1.54) is 32.1 Å². The van der Waals surface area contributed by atoms with Gasteiger partial charge in [0.2, 0.25) is 0 Å². The highest BCUT2D eigenvalue weighted by Crippen LogP contribution is 2.40. The zero-order valence-corrected chi connectivity index (χ0v) is 15.0. The number of ether oxygens (including phenoxy) is 2. The quantitative estimate of drug-likeness (QED) is 0.409. The predicted octanol–water partition coefficient (Wildman–Crippen LogP) is 2.71. The molecule has 1 heterocycles. The number of nitrogens with one attached hydrogen (secondary N) is 2. The Labute approximate surface area is 141 Å². The molecule has 0 atom stereocenters. The first-order chi connectivity index (χ1) is 11.3. The predicted molar refractivity (Wildman–Crippen MR) is 95.0 cm³/mol. The maximum atomic E-state index is 5.89. The van der Waals surface area contributed by atoms with Crippen molar-refractivity contribution in [3.05, 3.63) is 0 Å². The van der Waals surface area contributed by atoms with Gasteiger partial charge in [0.25, 0.3) is 0 Å². The summed E-state index contributed by atoms with van der Waals surface area (Å²) in [5, 5.41) is 6.93. The summed E-state index contributed by atoms with van der Waals surface area (Å²) in [5.41, 5.74) is 0.490. The molecule has 134 valence electrons. The first-order valence-electron chi connectivity index (χ1n) is 9.42. The van der Waals surface area contributed by atoms with Crippen LogP contribution in [0.5, 0.6) is 0 Å². The highest BCUT2D eigenvalue weighted by atomic mass is 16.5. The minimum atomic E-state index is 0.396. The van der Waals surface area contributed by atoms with Gasteiger partial charge in [0.15, 0.2) is 5.96 Å². The normalized spacial score (nSPS) is 22.3. The van der Waals surface area contributed by atoms with E-state index in [9.17, 15) is 0 Å². The third-order valence-electron chi connectivity index (χ3n) is 5.40. The molecule has 1 aliphatic carbocycles. The second-order valence-electron chi connectivity index (χ2n) is 6.95. The summed E-state index contributed by atoms with van der Waals surface area (Å²) < 4.78 is 11.2. The molecular formula is C18H35N3O2. The van der Waals surface area contributed by atoms with Crippen molar-refractivity contribution < 1.29 is 9.47 Å². The van der Waals surface area contributed by atoms with Gasteiger partial charge >= 0.3 is 0 Å². The second-order valence-corrected chi connectivity index (χ2v) is 6.95. The number of rotatable bonds is 8. The second kappa shape index (κ2) is 10.1. The van der Waals surface area contributed by atoms with Gasteiger partial charge < -0.3 is 20.1 Å². The van der Waals surface area contributed by atoms with E-state index in [-0.39, 0.29) is 0 Å². The van der Waals surface area contributed by atoms with E-state index >= 15 is 0 Å². The lowest BCUT2D eigenvalue weighted by atomic mass is 9.83. The van der Waals surface area contributed by atoms with E-state index in [0.29, 0.717) is 11.5 Å². The van der Waals surface area contributed by atoms with Crippen molar-refractivity contribution in [2.45, 2.75) is 64.4 Å². The standard InChI is InChI=1S/C18H35N3O2/c1-3-18(9-4-5-10-18)15-21-17(19-2)20-11-6-12-23-16-7-13-22-14-8-16/h16H,3-15H2,1-2H3,(H2,19,20,21). The van der Waals surface area contributed by atoms with Gasteiger partial charge in [0.1, 0.15) is 0 Å². The van der Waals surface area contributed by atoms with E-state index in [1.807, 2.05) is 7.05 Å². The van der Waals surface area contributed by atoms with Gasteiger partial charge in [-0.2, -0.15) is 0 Å². The molecule has 0 unspecified atom stereocenters. The maximum absolute atomic E-state index is 5.89. The third kappa shape index (κ3) is 6.30. The molecule has 0 amide bonds. The highest BCUT2D eigenvalue weighted by Gasteiger charge is 2.31. The van der Waals surface area contributed by atoms with Crippen LogP contribution in [0.1, 0.15) is 58.3 Å². The highest BCUT2D eigenvalue weighted by molar-refractivity contribution is 5.79. The molecule has 0 spiro atoms. The molecule has 2 N–H and O–H groups in total. The van der Waals surface area contributed by atoms with Crippen LogP contribution in [-0.4, -0.2) is 52.0 Å². The largest absolute Gasteiger partial charge is 0.381 e. The van der Waals surface area contributed by atoms with Crippen LogP contribution in [0.4, 0.5) is 0 Å². The molecule has 2 rings (SSSR count). The van der Waals surface area contributed by atoms with Crippen molar-refractivity contribution in [2.24, 2.45) is 10.4 Å². The van der Waals surface area contributed by atoms with Gasteiger partial charge in [-0.1, -0.05) is 19.8 Å². The molecule has 1 aliphatic heterocycles. The van der Waals surface area contributed by atoms with Crippen LogP contribution in [0.25, 0.3) is 0 Å². The molecule has 23 heavy (non-hydrogen) atoms. The van der Waals surface area contributed by atoms with E-state index in [2.05, 4.69) is 22.5 Å². The minimum Gasteiger partial charge on any atom is -0.381 e. The molecule has 0 radical (unpaired) electrons. The fraction of sp³-hybridized carbons (Fsp3) is 0.944. The SMILES string of the molecule is CCC1(CNC(=NC)NCCCOC2CCOCC2)CCCC1. The van der Waals surface area contributed by atoms with E-state index in [4.69, 9.17) is 9.47 Å². The smallest absolute Gasteiger partial charge is 0.190 e. The van der Waals surface area contributed by atoms with Crippen LogP contribution in [0, 0.1) is 5.41 Å². The fourth-order valence-corrected chi connectivity index (χ4v) is 3.64.